The summed E-state index contributed by atoms with van der Waals surface area (Å²) in [5, 5.41) is 5.71. The van der Waals surface area contributed by atoms with Gasteiger partial charge in [0.05, 0.1) is 11.1 Å². The van der Waals surface area contributed by atoms with Crippen LogP contribution in [-0.2, 0) is 9.59 Å². The van der Waals surface area contributed by atoms with Gasteiger partial charge in [0, 0.05) is 32.0 Å². The second kappa shape index (κ2) is 8.99. The molecule has 2 N–H and O–H groups in total. The first-order chi connectivity index (χ1) is 13.5. The first-order valence-electron chi connectivity index (χ1n) is 9.98. The van der Waals surface area contributed by atoms with Gasteiger partial charge in [-0.05, 0) is 38.3 Å². The molecule has 1 saturated carbocycles. The molecule has 0 radical (unpaired) electrons. The summed E-state index contributed by atoms with van der Waals surface area (Å²) in [4.78, 5) is 49.7. The maximum absolute atomic E-state index is 12.4. The van der Waals surface area contributed by atoms with E-state index in [2.05, 4.69) is 10.6 Å². The molecule has 1 aromatic rings. The van der Waals surface area contributed by atoms with Gasteiger partial charge in [-0.2, -0.15) is 0 Å². The van der Waals surface area contributed by atoms with Crippen LogP contribution in [0, 0.1) is 6.92 Å². The number of hydrogen-bond donors (Lipinski definition) is 2. The fraction of sp³-hybridized carbons (Fsp3) is 0.524. The fourth-order valence-corrected chi connectivity index (χ4v) is 3.78. The zero-order valence-corrected chi connectivity index (χ0v) is 16.3. The third-order valence-corrected chi connectivity index (χ3v) is 5.31. The van der Waals surface area contributed by atoms with Gasteiger partial charge in [-0.25, -0.2) is 0 Å². The molecule has 3 rings (SSSR count). The van der Waals surface area contributed by atoms with Crippen LogP contribution in [0.5, 0.6) is 0 Å². The predicted molar refractivity (Wildman–Crippen MR) is 104 cm³/mol. The molecule has 0 bridgehead atoms. The Hall–Kier alpha value is -2.70. The highest BCUT2D eigenvalue weighted by atomic mass is 16.2. The zero-order valence-electron chi connectivity index (χ0n) is 16.3. The van der Waals surface area contributed by atoms with E-state index < -0.39 is 0 Å². The van der Waals surface area contributed by atoms with Crippen LogP contribution >= 0.6 is 0 Å². The van der Waals surface area contributed by atoms with E-state index in [4.69, 9.17) is 0 Å². The largest absolute Gasteiger partial charge is 0.356 e. The number of aryl methyl sites for hydroxylation is 1. The van der Waals surface area contributed by atoms with Crippen LogP contribution in [0.1, 0.15) is 71.2 Å². The van der Waals surface area contributed by atoms with Crippen molar-refractivity contribution < 1.29 is 19.2 Å². The van der Waals surface area contributed by atoms with Crippen LogP contribution in [0.4, 0.5) is 0 Å². The van der Waals surface area contributed by atoms with E-state index in [-0.39, 0.29) is 49.1 Å². The Morgan fingerprint density at radius 3 is 2.50 bits per heavy atom. The van der Waals surface area contributed by atoms with Crippen molar-refractivity contribution in [2.75, 3.05) is 13.1 Å². The molecule has 1 aliphatic carbocycles. The monoisotopic (exact) mass is 385 g/mol. The molecule has 1 fully saturated rings. The lowest BCUT2D eigenvalue weighted by Gasteiger charge is -2.14. The molecular weight excluding hydrogens is 358 g/mol. The molecule has 7 nitrogen and oxygen atoms in total. The summed E-state index contributed by atoms with van der Waals surface area (Å²) in [6.07, 6.45) is 5.26. The molecule has 28 heavy (non-hydrogen) atoms. The normalized spacial score (nSPS) is 16.4. The minimum absolute atomic E-state index is 0.0338. The van der Waals surface area contributed by atoms with Gasteiger partial charge in [0.15, 0.2) is 0 Å². The molecule has 150 valence electrons. The van der Waals surface area contributed by atoms with Crippen molar-refractivity contribution in [3.63, 3.8) is 0 Å². The molecule has 1 aliphatic heterocycles. The van der Waals surface area contributed by atoms with Crippen LogP contribution in [0.3, 0.4) is 0 Å². The molecule has 0 atom stereocenters. The number of fused-ring (bicyclic) bond motifs is 1. The number of benzene rings is 1. The fourth-order valence-electron chi connectivity index (χ4n) is 3.78. The van der Waals surface area contributed by atoms with Crippen molar-refractivity contribution in [3.8, 4) is 0 Å². The van der Waals surface area contributed by atoms with Gasteiger partial charge in [-0.1, -0.05) is 24.5 Å². The van der Waals surface area contributed by atoms with Gasteiger partial charge in [-0.15, -0.1) is 0 Å². The molecule has 0 saturated heterocycles. The van der Waals surface area contributed by atoms with Crippen LogP contribution in [-0.4, -0.2) is 47.7 Å². The Labute approximate surface area is 164 Å². The van der Waals surface area contributed by atoms with Crippen molar-refractivity contribution in [1.82, 2.24) is 15.5 Å². The Balaban J connectivity index is 1.35. The van der Waals surface area contributed by atoms with Crippen molar-refractivity contribution >= 4 is 23.6 Å². The van der Waals surface area contributed by atoms with Crippen LogP contribution < -0.4 is 10.6 Å². The zero-order chi connectivity index (χ0) is 20.1. The SMILES string of the molecule is Cc1ccc2c(c1)C(=O)N(CCCC(=O)NCCC(=O)NC1CCCC1)C2=O. The molecular formula is C21H27N3O4. The first-order valence-corrected chi connectivity index (χ1v) is 9.98. The van der Waals surface area contributed by atoms with Crippen molar-refractivity contribution in [1.29, 1.82) is 0 Å². The predicted octanol–water partition coefficient (Wildman–Crippen LogP) is 1.94. The van der Waals surface area contributed by atoms with Crippen LogP contribution in [0.15, 0.2) is 18.2 Å². The van der Waals surface area contributed by atoms with E-state index >= 15 is 0 Å². The molecule has 0 spiro atoms. The minimum atomic E-state index is -0.302. The first kappa shape index (κ1) is 20.0. The number of nitrogens with zero attached hydrogens (tertiary/aromatic N) is 1. The van der Waals surface area contributed by atoms with E-state index in [1.807, 2.05) is 13.0 Å². The summed E-state index contributed by atoms with van der Waals surface area (Å²) < 4.78 is 0. The maximum Gasteiger partial charge on any atom is 0.261 e. The van der Waals surface area contributed by atoms with Gasteiger partial charge in [0.2, 0.25) is 11.8 Å². The molecule has 2 aliphatic rings. The number of amides is 4. The van der Waals surface area contributed by atoms with E-state index in [0.717, 1.165) is 31.2 Å². The molecule has 0 unspecified atom stereocenters. The van der Waals surface area contributed by atoms with Gasteiger partial charge in [0.1, 0.15) is 0 Å². The lowest BCUT2D eigenvalue weighted by Crippen LogP contribution is -2.36. The Morgan fingerprint density at radius 1 is 1.04 bits per heavy atom. The minimum Gasteiger partial charge on any atom is -0.356 e. The van der Waals surface area contributed by atoms with Crippen LogP contribution in [0.2, 0.25) is 0 Å². The van der Waals surface area contributed by atoms with Gasteiger partial charge < -0.3 is 10.6 Å². The number of hydrogen-bond acceptors (Lipinski definition) is 4. The number of rotatable bonds is 8. The number of nitrogens with one attached hydrogen (secondary N) is 2. The highest BCUT2D eigenvalue weighted by Gasteiger charge is 2.34. The summed E-state index contributed by atoms with van der Waals surface area (Å²) in [6, 6.07) is 5.49. The summed E-state index contributed by atoms with van der Waals surface area (Å²) >= 11 is 0. The summed E-state index contributed by atoms with van der Waals surface area (Å²) in [5.74, 6) is -0.814. The standard InChI is InChI=1S/C21H27N3O4/c1-14-8-9-16-17(13-14)21(28)24(20(16)27)12-4-7-18(25)22-11-10-19(26)23-15-5-2-3-6-15/h8-9,13,15H,2-7,10-12H2,1H3,(H,22,25)(H,23,26). The highest BCUT2D eigenvalue weighted by Crippen LogP contribution is 2.24. The lowest BCUT2D eigenvalue weighted by molar-refractivity contribution is -0.122. The third-order valence-electron chi connectivity index (χ3n) is 5.31. The van der Waals surface area contributed by atoms with Gasteiger partial charge >= 0.3 is 0 Å². The average molecular weight is 385 g/mol. The number of carbonyl (C=O) groups excluding carboxylic acids is 4. The van der Waals surface area contributed by atoms with E-state index in [1.165, 1.54) is 4.90 Å². The summed E-state index contributed by atoms with van der Waals surface area (Å²) in [6.45, 7) is 2.38. The molecule has 1 aromatic carbocycles. The van der Waals surface area contributed by atoms with Gasteiger partial charge in [0.25, 0.3) is 11.8 Å². The smallest absolute Gasteiger partial charge is 0.261 e. The second-order valence-corrected chi connectivity index (χ2v) is 7.56. The van der Waals surface area contributed by atoms with Crippen LogP contribution in [0.25, 0.3) is 0 Å². The van der Waals surface area contributed by atoms with E-state index in [0.29, 0.717) is 24.1 Å². The highest BCUT2D eigenvalue weighted by molar-refractivity contribution is 6.21. The number of imide groups is 1. The Bertz CT molecular complexity index is 784. The average Bonchev–Trinajstić information content (AvgIpc) is 3.24. The molecule has 0 aromatic heterocycles. The second-order valence-electron chi connectivity index (χ2n) is 7.56. The number of carbonyl (C=O) groups is 4. The third kappa shape index (κ3) is 4.77. The van der Waals surface area contributed by atoms with E-state index in [9.17, 15) is 19.2 Å². The Morgan fingerprint density at radius 2 is 1.75 bits per heavy atom. The summed E-state index contributed by atoms with van der Waals surface area (Å²) in [7, 11) is 0. The summed E-state index contributed by atoms with van der Waals surface area (Å²) in [5.41, 5.74) is 1.79. The van der Waals surface area contributed by atoms with Crippen molar-refractivity contribution in [2.45, 2.75) is 57.9 Å². The lowest BCUT2D eigenvalue weighted by atomic mass is 10.1. The maximum atomic E-state index is 12.4. The van der Waals surface area contributed by atoms with E-state index in [1.54, 1.807) is 12.1 Å². The van der Waals surface area contributed by atoms with Crippen molar-refractivity contribution in [3.05, 3.63) is 34.9 Å². The topological polar surface area (TPSA) is 95.6 Å². The molecule has 4 amide bonds. The molecule has 1 heterocycles. The Kier molecular flexibility index (Phi) is 6.44. The van der Waals surface area contributed by atoms with Gasteiger partial charge in [-0.3, -0.25) is 24.1 Å². The quantitative estimate of drug-likeness (QED) is 0.669. The van der Waals surface area contributed by atoms with Crippen molar-refractivity contribution in [2.24, 2.45) is 0 Å². The molecule has 7 heteroatoms.